The molecule has 0 bridgehead atoms. The van der Waals surface area contributed by atoms with Crippen LogP contribution in [-0.4, -0.2) is 39.3 Å². The number of rotatable bonds is 4. The molecule has 118 valence electrons. The Morgan fingerprint density at radius 2 is 2.13 bits per heavy atom. The highest BCUT2D eigenvalue weighted by atomic mass is 16.5. The minimum atomic E-state index is -0.639. The van der Waals surface area contributed by atoms with Gasteiger partial charge in [0.15, 0.2) is 0 Å². The highest BCUT2D eigenvalue weighted by molar-refractivity contribution is 5.85. The summed E-state index contributed by atoms with van der Waals surface area (Å²) >= 11 is 0. The van der Waals surface area contributed by atoms with Crippen molar-refractivity contribution in [3.8, 4) is 17.0 Å². The summed E-state index contributed by atoms with van der Waals surface area (Å²) < 4.78 is 11.1. The number of aromatic amines is 1. The summed E-state index contributed by atoms with van der Waals surface area (Å²) in [6.45, 7) is 1.90. The second-order valence-corrected chi connectivity index (χ2v) is 4.64. The van der Waals surface area contributed by atoms with Crippen LogP contribution in [0.5, 0.6) is 5.75 Å². The number of methoxy groups -OCH3 is 1. The van der Waals surface area contributed by atoms with Gasteiger partial charge in [-0.1, -0.05) is 12.1 Å². The van der Waals surface area contributed by atoms with Crippen LogP contribution in [0.25, 0.3) is 17.0 Å². The maximum atomic E-state index is 12.2. The number of hydrogen-bond acceptors (Lipinski definition) is 6. The Bertz CT molecular complexity index is 929. The molecule has 0 unspecified atom stereocenters. The summed E-state index contributed by atoms with van der Waals surface area (Å²) in [4.78, 5) is 32.2. The maximum absolute atomic E-state index is 12.2. The molecule has 0 amide bonds. The van der Waals surface area contributed by atoms with Crippen LogP contribution in [0.3, 0.4) is 0 Å². The fourth-order valence-electron chi connectivity index (χ4n) is 2.10. The average Bonchev–Trinajstić information content (AvgIpc) is 3.00. The summed E-state index contributed by atoms with van der Waals surface area (Å²) in [6.07, 6.45) is 0. The normalized spacial score (nSPS) is 10.7. The highest BCUT2D eigenvalue weighted by Crippen LogP contribution is 2.21. The summed E-state index contributed by atoms with van der Waals surface area (Å²) in [5.41, 5.74) is 0.774. The van der Waals surface area contributed by atoms with Crippen molar-refractivity contribution in [2.45, 2.75) is 6.92 Å². The third-order valence-corrected chi connectivity index (χ3v) is 3.16. The third kappa shape index (κ3) is 2.78. The molecule has 0 saturated carbocycles. The third-order valence-electron chi connectivity index (χ3n) is 3.16. The molecule has 3 aromatic rings. The van der Waals surface area contributed by atoms with Crippen molar-refractivity contribution in [3.05, 3.63) is 46.5 Å². The lowest BCUT2D eigenvalue weighted by Crippen LogP contribution is -2.15. The molecule has 0 spiro atoms. The minimum absolute atomic E-state index is 0.0701. The van der Waals surface area contributed by atoms with Gasteiger partial charge < -0.3 is 9.47 Å². The highest BCUT2D eigenvalue weighted by Gasteiger charge is 2.15. The molecule has 0 fully saturated rings. The Morgan fingerprint density at radius 3 is 2.87 bits per heavy atom. The predicted octanol–water partition coefficient (Wildman–Crippen LogP) is 1.27. The van der Waals surface area contributed by atoms with Gasteiger partial charge in [-0.15, -0.1) is 0 Å². The maximum Gasteiger partial charge on any atom is 0.375 e. The van der Waals surface area contributed by atoms with Gasteiger partial charge in [0.1, 0.15) is 5.75 Å². The number of hydrogen-bond donors (Lipinski definition) is 1. The molecule has 0 aliphatic carbocycles. The quantitative estimate of drug-likeness (QED) is 0.728. The van der Waals surface area contributed by atoms with Crippen LogP contribution >= 0.6 is 0 Å². The van der Waals surface area contributed by atoms with Gasteiger partial charge in [0.05, 0.1) is 19.4 Å². The second-order valence-electron chi connectivity index (χ2n) is 4.64. The van der Waals surface area contributed by atoms with Crippen LogP contribution in [0.15, 0.2) is 35.1 Å². The summed E-state index contributed by atoms with van der Waals surface area (Å²) in [6, 6.07) is 8.51. The van der Waals surface area contributed by atoms with E-state index in [4.69, 9.17) is 9.47 Å². The number of fused-ring (bicyclic) bond motifs is 1. The average molecular weight is 314 g/mol. The topological polar surface area (TPSA) is 98.6 Å². The zero-order valence-electron chi connectivity index (χ0n) is 12.6. The fraction of sp³-hybridized carbons (Fsp3) is 0.200. The molecule has 0 atom stereocenters. The molecule has 0 radical (unpaired) electrons. The van der Waals surface area contributed by atoms with Crippen LogP contribution in [0.1, 0.15) is 17.5 Å². The summed E-state index contributed by atoms with van der Waals surface area (Å²) in [5, 5.41) is 2.58. The van der Waals surface area contributed by atoms with Crippen LogP contribution in [0.4, 0.5) is 0 Å². The molecule has 2 heterocycles. The largest absolute Gasteiger partial charge is 0.497 e. The first-order valence-corrected chi connectivity index (χ1v) is 6.93. The zero-order valence-corrected chi connectivity index (χ0v) is 12.6. The molecule has 0 aliphatic rings. The summed E-state index contributed by atoms with van der Waals surface area (Å²) in [7, 11) is 1.56. The van der Waals surface area contributed by atoms with E-state index in [-0.39, 0.29) is 23.8 Å². The van der Waals surface area contributed by atoms with E-state index in [9.17, 15) is 9.59 Å². The van der Waals surface area contributed by atoms with E-state index in [2.05, 4.69) is 15.1 Å². The van der Waals surface area contributed by atoms with Crippen LogP contribution in [0.2, 0.25) is 0 Å². The van der Waals surface area contributed by atoms with Crippen molar-refractivity contribution in [3.63, 3.8) is 0 Å². The van der Waals surface area contributed by atoms with E-state index in [0.29, 0.717) is 17.0 Å². The van der Waals surface area contributed by atoms with E-state index in [1.54, 1.807) is 38.3 Å². The molecule has 0 saturated heterocycles. The standard InChI is InChI=1S/C15H14N4O4/c1-3-23-14(21)13-17-15-16-11(8-12(20)19(15)18-13)9-5-4-6-10(7-9)22-2/h4-8H,3H2,1-2H3,(H,16,17,18). The van der Waals surface area contributed by atoms with Crippen LogP contribution in [-0.2, 0) is 4.74 Å². The smallest absolute Gasteiger partial charge is 0.375 e. The Hall–Kier alpha value is -3.16. The number of ether oxygens (including phenoxy) is 2. The molecule has 8 nitrogen and oxygen atoms in total. The van der Waals surface area contributed by atoms with Gasteiger partial charge in [0, 0.05) is 11.6 Å². The summed E-state index contributed by atoms with van der Waals surface area (Å²) in [5.74, 6) is 0.0386. The number of carbonyl (C=O) groups is 1. The molecule has 1 N–H and O–H groups in total. The predicted molar refractivity (Wildman–Crippen MR) is 81.6 cm³/mol. The second kappa shape index (κ2) is 5.91. The molecule has 1 aromatic carbocycles. The lowest BCUT2D eigenvalue weighted by atomic mass is 10.1. The molecule has 2 aromatic heterocycles. The molecular weight excluding hydrogens is 300 g/mol. The first-order valence-electron chi connectivity index (χ1n) is 6.93. The molecule has 3 rings (SSSR count). The molecule has 23 heavy (non-hydrogen) atoms. The molecular formula is C15H14N4O4. The van der Waals surface area contributed by atoms with E-state index >= 15 is 0 Å². The van der Waals surface area contributed by atoms with Gasteiger partial charge in [0.25, 0.3) is 11.3 Å². The first-order chi connectivity index (χ1) is 11.1. The van der Waals surface area contributed by atoms with Crippen molar-refractivity contribution in [2.24, 2.45) is 0 Å². The van der Waals surface area contributed by atoms with Crippen LogP contribution < -0.4 is 10.3 Å². The lowest BCUT2D eigenvalue weighted by Gasteiger charge is -2.03. The SMILES string of the molecule is CCOC(=O)c1nc2nc(-c3cccc(OC)c3)cc(=O)n2[nH]1. The molecule has 0 aliphatic heterocycles. The van der Waals surface area contributed by atoms with Gasteiger partial charge in [-0.2, -0.15) is 9.50 Å². The number of nitrogens with zero attached hydrogens (tertiary/aromatic N) is 3. The number of benzene rings is 1. The van der Waals surface area contributed by atoms with E-state index in [1.165, 1.54) is 6.07 Å². The zero-order chi connectivity index (χ0) is 16.4. The Kier molecular flexibility index (Phi) is 3.80. The van der Waals surface area contributed by atoms with Gasteiger partial charge in [-0.3, -0.25) is 9.89 Å². The van der Waals surface area contributed by atoms with Crippen molar-refractivity contribution in [1.82, 2.24) is 19.6 Å². The first kappa shape index (κ1) is 14.8. The number of esters is 1. The Morgan fingerprint density at radius 1 is 1.30 bits per heavy atom. The monoisotopic (exact) mass is 314 g/mol. The van der Waals surface area contributed by atoms with Crippen LogP contribution in [0, 0.1) is 0 Å². The Balaban J connectivity index is 2.10. The number of nitrogens with one attached hydrogen (secondary N) is 1. The van der Waals surface area contributed by atoms with Gasteiger partial charge in [0.2, 0.25) is 5.82 Å². The Labute approximate surface area is 130 Å². The fourth-order valence-corrected chi connectivity index (χ4v) is 2.10. The lowest BCUT2D eigenvalue weighted by molar-refractivity contribution is 0.0512. The van der Waals surface area contributed by atoms with Gasteiger partial charge in [-0.05, 0) is 19.1 Å². The number of H-pyrrole nitrogens is 1. The van der Waals surface area contributed by atoms with E-state index in [1.807, 2.05) is 0 Å². The minimum Gasteiger partial charge on any atom is -0.497 e. The molecule has 8 heteroatoms. The van der Waals surface area contributed by atoms with Crippen molar-refractivity contribution < 1.29 is 14.3 Å². The van der Waals surface area contributed by atoms with Crippen molar-refractivity contribution in [1.29, 1.82) is 0 Å². The van der Waals surface area contributed by atoms with Crippen molar-refractivity contribution >= 4 is 11.7 Å². The number of aromatic nitrogens is 4. The van der Waals surface area contributed by atoms with Gasteiger partial charge in [-0.25, -0.2) is 9.78 Å². The van der Waals surface area contributed by atoms with Gasteiger partial charge >= 0.3 is 5.97 Å². The van der Waals surface area contributed by atoms with E-state index in [0.717, 1.165) is 4.52 Å². The van der Waals surface area contributed by atoms with Crippen molar-refractivity contribution in [2.75, 3.05) is 13.7 Å². The van der Waals surface area contributed by atoms with E-state index < -0.39 is 5.97 Å². The number of carbonyl (C=O) groups excluding carboxylic acids is 1.